The summed E-state index contributed by atoms with van der Waals surface area (Å²) in [6.45, 7) is 5.96. The van der Waals surface area contributed by atoms with Crippen LogP contribution < -0.4 is 19.7 Å². The highest BCUT2D eigenvalue weighted by Crippen LogP contribution is 2.29. The molecule has 0 atom stereocenters. The first-order valence-corrected chi connectivity index (χ1v) is 7.87. The fraction of sp³-hybridized carbons (Fsp3) is 0.333. The van der Waals surface area contributed by atoms with Gasteiger partial charge in [0.05, 0.1) is 31.8 Å². The second kappa shape index (κ2) is 8.19. The molecule has 0 saturated heterocycles. The number of ether oxygens (including phenoxy) is 2. The first-order valence-electron chi connectivity index (χ1n) is 7.87. The number of hydrogen-bond donors (Lipinski definition) is 1. The zero-order valence-electron chi connectivity index (χ0n) is 14.5. The number of nitrogens with zero attached hydrogens (tertiary/aromatic N) is 2. The Labute approximate surface area is 142 Å². The van der Waals surface area contributed by atoms with Gasteiger partial charge in [-0.25, -0.2) is 4.98 Å². The van der Waals surface area contributed by atoms with Gasteiger partial charge in [0.25, 0.3) is 5.91 Å². The van der Waals surface area contributed by atoms with Crippen LogP contribution in [-0.2, 0) is 0 Å². The van der Waals surface area contributed by atoms with Crippen molar-refractivity contribution in [2.45, 2.75) is 13.8 Å². The van der Waals surface area contributed by atoms with Gasteiger partial charge in [-0.3, -0.25) is 4.79 Å². The molecular weight excluding hydrogens is 306 g/mol. The number of aromatic nitrogens is 1. The molecule has 128 valence electrons. The van der Waals surface area contributed by atoms with Crippen LogP contribution in [0.4, 0.5) is 11.4 Å². The molecule has 0 aliphatic rings. The van der Waals surface area contributed by atoms with Gasteiger partial charge in [0.15, 0.2) is 0 Å². The molecule has 1 amide bonds. The Balaban J connectivity index is 2.15. The van der Waals surface area contributed by atoms with Crippen LogP contribution in [0.1, 0.15) is 24.3 Å². The smallest absolute Gasteiger partial charge is 0.274 e. The molecule has 0 radical (unpaired) electrons. The van der Waals surface area contributed by atoms with Crippen molar-refractivity contribution >= 4 is 17.3 Å². The van der Waals surface area contributed by atoms with Crippen molar-refractivity contribution in [3.63, 3.8) is 0 Å². The Morgan fingerprint density at radius 3 is 2.42 bits per heavy atom. The summed E-state index contributed by atoms with van der Waals surface area (Å²) >= 11 is 0. The molecule has 0 aliphatic heterocycles. The van der Waals surface area contributed by atoms with E-state index in [0.29, 0.717) is 22.9 Å². The second-order valence-electron chi connectivity index (χ2n) is 5.09. The Hall–Kier alpha value is -2.76. The minimum absolute atomic E-state index is 0.287. The number of anilines is 2. The summed E-state index contributed by atoms with van der Waals surface area (Å²) in [6.07, 6.45) is 1.72. The Morgan fingerprint density at radius 2 is 1.88 bits per heavy atom. The highest BCUT2D eigenvalue weighted by molar-refractivity contribution is 6.03. The van der Waals surface area contributed by atoms with E-state index in [9.17, 15) is 4.79 Å². The molecule has 1 heterocycles. The molecular formula is C18H23N3O3. The summed E-state index contributed by atoms with van der Waals surface area (Å²) in [7, 11) is 3.12. The van der Waals surface area contributed by atoms with Gasteiger partial charge in [0.2, 0.25) is 0 Å². The van der Waals surface area contributed by atoms with Crippen molar-refractivity contribution in [1.82, 2.24) is 4.98 Å². The number of benzene rings is 1. The Morgan fingerprint density at radius 1 is 1.12 bits per heavy atom. The standard InChI is InChI=1S/C18H23N3O3/c1-5-21(6-2)13-7-9-16(19-12-13)18(22)20-15-10-8-14(23-3)11-17(15)24-4/h7-12H,5-6H2,1-4H3,(H,20,22). The van der Waals surface area contributed by atoms with Crippen molar-refractivity contribution in [3.8, 4) is 11.5 Å². The normalized spacial score (nSPS) is 10.2. The third kappa shape index (κ3) is 3.95. The van der Waals surface area contributed by atoms with E-state index in [1.165, 1.54) is 0 Å². The summed E-state index contributed by atoms with van der Waals surface area (Å²) in [4.78, 5) is 18.8. The van der Waals surface area contributed by atoms with Crippen molar-refractivity contribution < 1.29 is 14.3 Å². The molecule has 0 aliphatic carbocycles. The SMILES string of the molecule is CCN(CC)c1ccc(C(=O)Nc2ccc(OC)cc2OC)nc1. The summed E-state index contributed by atoms with van der Waals surface area (Å²) in [5.74, 6) is 0.901. The van der Waals surface area contributed by atoms with Crippen LogP contribution in [0.15, 0.2) is 36.5 Å². The second-order valence-corrected chi connectivity index (χ2v) is 5.09. The quantitative estimate of drug-likeness (QED) is 0.845. The number of carbonyl (C=O) groups excluding carboxylic acids is 1. The van der Waals surface area contributed by atoms with E-state index in [-0.39, 0.29) is 5.91 Å². The minimum atomic E-state index is -0.287. The average Bonchev–Trinajstić information content (AvgIpc) is 2.63. The van der Waals surface area contributed by atoms with Crippen LogP contribution in [0, 0.1) is 0 Å². The van der Waals surface area contributed by atoms with Crippen LogP contribution in [0.2, 0.25) is 0 Å². The van der Waals surface area contributed by atoms with E-state index in [4.69, 9.17) is 9.47 Å². The maximum absolute atomic E-state index is 12.4. The lowest BCUT2D eigenvalue weighted by molar-refractivity contribution is 0.102. The van der Waals surface area contributed by atoms with Crippen molar-refractivity contribution in [2.24, 2.45) is 0 Å². The maximum Gasteiger partial charge on any atom is 0.274 e. The third-order valence-corrected chi connectivity index (χ3v) is 3.77. The van der Waals surface area contributed by atoms with Gasteiger partial charge in [-0.2, -0.15) is 0 Å². The van der Waals surface area contributed by atoms with Crippen molar-refractivity contribution in [1.29, 1.82) is 0 Å². The Kier molecular flexibility index (Phi) is 6.01. The van der Waals surface area contributed by atoms with Gasteiger partial charge >= 0.3 is 0 Å². The van der Waals surface area contributed by atoms with Gasteiger partial charge in [-0.15, -0.1) is 0 Å². The van der Waals surface area contributed by atoms with Crippen LogP contribution >= 0.6 is 0 Å². The number of amides is 1. The molecule has 6 nitrogen and oxygen atoms in total. The highest BCUT2D eigenvalue weighted by atomic mass is 16.5. The average molecular weight is 329 g/mol. The van der Waals surface area contributed by atoms with Gasteiger partial charge < -0.3 is 19.7 Å². The number of carbonyl (C=O) groups is 1. The lowest BCUT2D eigenvalue weighted by atomic mass is 10.2. The van der Waals surface area contributed by atoms with E-state index < -0.39 is 0 Å². The molecule has 1 N–H and O–H groups in total. The molecule has 0 unspecified atom stereocenters. The summed E-state index contributed by atoms with van der Waals surface area (Å²) in [5.41, 5.74) is 1.92. The van der Waals surface area contributed by atoms with Gasteiger partial charge in [0, 0.05) is 19.2 Å². The van der Waals surface area contributed by atoms with Crippen LogP contribution in [0.5, 0.6) is 11.5 Å². The zero-order chi connectivity index (χ0) is 17.5. The first-order chi connectivity index (χ1) is 11.6. The zero-order valence-corrected chi connectivity index (χ0v) is 14.5. The number of pyridine rings is 1. The van der Waals surface area contributed by atoms with Gasteiger partial charge in [-0.1, -0.05) is 0 Å². The number of nitrogens with one attached hydrogen (secondary N) is 1. The predicted octanol–water partition coefficient (Wildman–Crippen LogP) is 3.20. The number of methoxy groups -OCH3 is 2. The molecule has 0 bridgehead atoms. The molecule has 1 aromatic carbocycles. The summed E-state index contributed by atoms with van der Waals surface area (Å²) in [5, 5.41) is 2.81. The molecule has 0 spiro atoms. The molecule has 6 heteroatoms. The van der Waals surface area contributed by atoms with E-state index in [1.807, 2.05) is 6.07 Å². The fourth-order valence-corrected chi connectivity index (χ4v) is 2.38. The predicted molar refractivity (Wildman–Crippen MR) is 95.3 cm³/mol. The Bertz CT molecular complexity index is 682. The van der Waals surface area contributed by atoms with Crippen molar-refractivity contribution in [3.05, 3.63) is 42.2 Å². The fourth-order valence-electron chi connectivity index (χ4n) is 2.38. The largest absolute Gasteiger partial charge is 0.497 e. The van der Waals surface area contributed by atoms with Gasteiger partial charge in [0.1, 0.15) is 17.2 Å². The first kappa shape index (κ1) is 17.6. The van der Waals surface area contributed by atoms with E-state index >= 15 is 0 Å². The van der Waals surface area contributed by atoms with E-state index in [0.717, 1.165) is 18.8 Å². The third-order valence-electron chi connectivity index (χ3n) is 3.77. The van der Waals surface area contributed by atoms with Crippen molar-refractivity contribution in [2.75, 3.05) is 37.5 Å². The van der Waals surface area contributed by atoms with Gasteiger partial charge in [-0.05, 0) is 38.1 Å². The summed E-state index contributed by atoms with van der Waals surface area (Å²) in [6, 6.07) is 8.83. The highest BCUT2D eigenvalue weighted by Gasteiger charge is 2.12. The van der Waals surface area contributed by atoms with Crippen LogP contribution in [0.3, 0.4) is 0 Å². The molecule has 2 rings (SSSR count). The molecule has 0 saturated carbocycles. The maximum atomic E-state index is 12.4. The molecule has 24 heavy (non-hydrogen) atoms. The lowest BCUT2D eigenvalue weighted by Crippen LogP contribution is -2.22. The topological polar surface area (TPSA) is 63.7 Å². The van der Waals surface area contributed by atoms with E-state index in [1.54, 1.807) is 44.7 Å². The molecule has 1 aromatic heterocycles. The van der Waals surface area contributed by atoms with Crippen LogP contribution in [-0.4, -0.2) is 38.2 Å². The number of rotatable bonds is 7. The lowest BCUT2D eigenvalue weighted by Gasteiger charge is -2.20. The molecule has 0 fully saturated rings. The van der Waals surface area contributed by atoms with E-state index in [2.05, 4.69) is 29.0 Å². The number of hydrogen-bond acceptors (Lipinski definition) is 5. The van der Waals surface area contributed by atoms with Crippen LogP contribution in [0.25, 0.3) is 0 Å². The minimum Gasteiger partial charge on any atom is -0.497 e. The summed E-state index contributed by atoms with van der Waals surface area (Å²) < 4.78 is 10.4. The monoisotopic (exact) mass is 329 g/mol. The molecule has 2 aromatic rings.